The van der Waals surface area contributed by atoms with Crippen LogP contribution in [0.15, 0.2) is 48.5 Å². The van der Waals surface area contributed by atoms with Crippen LogP contribution in [0.2, 0.25) is 0 Å². The van der Waals surface area contributed by atoms with Gasteiger partial charge in [0.2, 0.25) is 12.7 Å². The number of hydrogen-bond acceptors (Lipinski definition) is 4. The Hall–Kier alpha value is -2.79. The van der Waals surface area contributed by atoms with Crippen LogP contribution in [0.1, 0.15) is 16.7 Å². The molecule has 0 bridgehead atoms. The van der Waals surface area contributed by atoms with Crippen LogP contribution in [0.4, 0.5) is 0 Å². The lowest BCUT2D eigenvalue weighted by Gasteiger charge is -2.34. The molecular formula is C22H24N2O3. The summed E-state index contributed by atoms with van der Waals surface area (Å²) < 4.78 is 10.8. The molecule has 1 fully saturated rings. The first kappa shape index (κ1) is 17.6. The van der Waals surface area contributed by atoms with Gasteiger partial charge in [0.25, 0.3) is 0 Å². The van der Waals surface area contributed by atoms with E-state index in [2.05, 4.69) is 30.0 Å². The number of nitrogens with zero attached hydrogens (tertiary/aromatic N) is 2. The molecule has 2 aromatic rings. The number of rotatable bonds is 4. The van der Waals surface area contributed by atoms with E-state index in [1.54, 1.807) is 6.08 Å². The molecular weight excluding hydrogens is 340 g/mol. The Morgan fingerprint density at radius 1 is 1.04 bits per heavy atom. The molecule has 5 nitrogen and oxygen atoms in total. The van der Waals surface area contributed by atoms with Gasteiger partial charge in [0, 0.05) is 38.8 Å². The van der Waals surface area contributed by atoms with E-state index in [1.165, 1.54) is 11.1 Å². The van der Waals surface area contributed by atoms with E-state index in [0.29, 0.717) is 6.79 Å². The first-order chi connectivity index (χ1) is 13.2. The Morgan fingerprint density at radius 2 is 1.85 bits per heavy atom. The van der Waals surface area contributed by atoms with Crippen LogP contribution in [0.25, 0.3) is 6.08 Å². The van der Waals surface area contributed by atoms with E-state index < -0.39 is 0 Å². The van der Waals surface area contributed by atoms with Gasteiger partial charge in [-0.15, -0.1) is 0 Å². The summed E-state index contributed by atoms with van der Waals surface area (Å²) in [6, 6.07) is 14.2. The average molecular weight is 364 g/mol. The topological polar surface area (TPSA) is 42.0 Å². The Bertz CT molecular complexity index is 854. The molecule has 0 spiro atoms. The zero-order valence-corrected chi connectivity index (χ0v) is 15.6. The minimum atomic E-state index is 0.0826. The number of carbonyl (C=O) groups is 1. The molecule has 0 radical (unpaired) electrons. The van der Waals surface area contributed by atoms with Crippen molar-refractivity contribution in [3.05, 3.63) is 65.2 Å². The highest BCUT2D eigenvalue weighted by Gasteiger charge is 2.20. The van der Waals surface area contributed by atoms with Gasteiger partial charge >= 0.3 is 0 Å². The van der Waals surface area contributed by atoms with Crippen LogP contribution in [-0.2, 0) is 11.3 Å². The van der Waals surface area contributed by atoms with Crippen LogP contribution in [0.3, 0.4) is 0 Å². The van der Waals surface area contributed by atoms with Gasteiger partial charge in [-0.2, -0.15) is 0 Å². The van der Waals surface area contributed by atoms with Crippen molar-refractivity contribution in [1.29, 1.82) is 0 Å². The van der Waals surface area contributed by atoms with Crippen molar-refractivity contribution in [2.45, 2.75) is 13.5 Å². The third-order valence-electron chi connectivity index (χ3n) is 4.99. The summed E-state index contributed by atoms with van der Waals surface area (Å²) in [5.41, 5.74) is 3.46. The van der Waals surface area contributed by atoms with Crippen molar-refractivity contribution in [2.24, 2.45) is 0 Å². The number of carbonyl (C=O) groups excluding carboxylic acids is 1. The van der Waals surface area contributed by atoms with Crippen molar-refractivity contribution in [1.82, 2.24) is 9.80 Å². The molecule has 4 rings (SSSR count). The summed E-state index contributed by atoms with van der Waals surface area (Å²) in [5.74, 6) is 1.72. The van der Waals surface area contributed by atoms with Gasteiger partial charge in [-0.1, -0.05) is 35.9 Å². The highest BCUT2D eigenvalue weighted by molar-refractivity contribution is 5.91. The predicted octanol–water partition coefficient (Wildman–Crippen LogP) is 3.08. The second kappa shape index (κ2) is 7.84. The van der Waals surface area contributed by atoms with Crippen molar-refractivity contribution in [3.8, 4) is 11.5 Å². The predicted molar refractivity (Wildman–Crippen MR) is 105 cm³/mol. The Kier molecular flexibility index (Phi) is 5.12. The minimum Gasteiger partial charge on any atom is -0.454 e. The number of fused-ring (bicyclic) bond motifs is 1. The Morgan fingerprint density at radius 3 is 2.67 bits per heavy atom. The monoisotopic (exact) mass is 364 g/mol. The lowest BCUT2D eigenvalue weighted by atomic mass is 10.1. The van der Waals surface area contributed by atoms with Gasteiger partial charge in [-0.05, 0) is 36.3 Å². The third-order valence-corrected chi connectivity index (χ3v) is 4.99. The second-order valence-electron chi connectivity index (χ2n) is 7.04. The molecule has 1 amide bonds. The highest BCUT2D eigenvalue weighted by Crippen LogP contribution is 2.32. The normalized spacial score (nSPS) is 16.9. The molecule has 0 aliphatic carbocycles. The van der Waals surface area contributed by atoms with Crippen molar-refractivity contribution in [3.63, 3.8) is 0 Å². The highest BCUT2D eigenvalue weighted by atomic mass is 16.7. The van der Waals surface area contributed by atoms with Crippen molar-refractivity contribution >= 4 is 12.0 Å². The maximum Gasteiger partial charge on any atom is 0.246 e. The molecule has 0 N–H and O–H groups in total. The van der Waals surface area contributed by atoms with Crippen LogP contribution in [0.5, 0.6) is 11.5 Å². The minimum absolute atomic E-state index is 0.0826. The number of amides is 1. The molecule has 2 aromatic carbocycles. The number of benzene rings is 2. The molecule has 5 heteroatoms. The fraction of sp³-hybridized carbons (Fsp3) is 0.318. The summed E-state index contributed by atoms with van der Waals surface area (Å²) >= 11 is 0. The smallest absolute Gasteiger partial charge is 0.246 e. The number of hydrogen-bond donors (Lipinski definition) is 0. The van der Waals surface area contributed by atoms with E-state index >= 15 is 0 Å². The largest absolute Gasteiger partial charge is 0.454 e. The zero-order chi connectivity index (χ0) is 18.6. The molecule has 27 heavy (non-hydrogen) atoms. The van der Waals surface area contributed by atoms with Crippen LogP contribution in [0, 0.1) is 6.92 Å². The van der Waals surface area contributed by atoms with Crippen LogP contribution < -0.4 is 9.47 Å². The molecule has 0 atom stereocenters. The molecule has 1 saturated heterocycles. The molecule has 2 heterocycles. The maximum atomic E-state index is 12.4. The summed E-state index contributed by atoms with van der Waals surface area (Å²) in [4.78, 5) is 16.7. The fourth-order valence-corrected chi connectivity index (χ4v) is 3.47. The molecule has 140 valence electrons. The standard InChI is InChI=1S/C22H24N2O3/c1-17-3-2-4-18(13-17)6-8-22(25)24-11-9-23(10-12-24)15-19-5-7-20-21(14-19)27-16-26-20/h2-8,13-14H,9-12,15-16H2,1H3/b8-6+. The second-order valence-corrected chi connectivity index (χ2v) is 7.04. The lowest BCUT2D eigenvalue weighted by Crippen LogP contribution is -2.47. The summed E-state index contributed by atoms with van der Waals surface area (Å²) in [6.45, 7) is 6.46. The van der Waals surface area contributed by atoms with Gasteiger partial charge in [-0.3, -0.25) is 9.69 Å². The van der Waals surface area contributed by atoms with Crippen molar-refractivity contribution < 1.29 is 14.3 Å². The fourth-order valence-electron chi connectivity index (χ4n) is 3.47. The van der Waals surface area contributed by atoms with Gasteiger partial charge < -0.3 is 14.4 Å². The van der Waals surface area contributed by atoms with E-state index in [4.69, 9.17) is 9.47 Å². The Labute approximate surface area is 159 Å². The quantitative estimate of drug-likeness (QED) is 0.782. The zero-order valence-electron chi connectivity index (χ0n) is 15.6. The van der Waals surface area contributed by atoms with Gasteiger partial charge in [0.1, 0.15) is 0 Å². The summed E-state index contributed by atoms with van der Waals surface area (Å²) in [6.07, 6.45) is 3.58. The van der Waals surface area contributed by atoms with Gasteiger partial charge in [0.05, 0.1) is 0 Å². The SMILES string of the molecule is Cc1cccc(/C=C/C(=O)N2CCN(Cc3ccc4c(c3)OCO4)CC2)c1. The lowest BCUT2D eigenvalue weighted by molar-refractivity contribution is -0.127. The van der Waals surface area contributed by atoms with E-state index in [0.717, 1.165) is 49.8 Å². The summed E-state index contributed by atoms with van der Waals surface area (Å²) in [7, 11) is 0. The Balaban J connectivity index is 1.29. The van der Waals surface area contributed by atoms with Crippen LogP contribution in [-0.4, -0.2) is 48.7 Å². The van der Waals surface area contributed by atoms with E-state index in [1.807, 2.05) is 35.2 Å². The number of piperazine rings is 1. The molecule has 2 aliphatic rings. The van der Waals surface area contributed by atoms with Gasteiger partial charge in [-0.25, -0.2) is 0 Å². The molecule has 0 saturated carbocycles. The van der Waals surface area contributed by atoms with Crippen LogP contribution >= 0.6 is 0 Å². The molecule has 0 unspecified atom stereocenters. The van der Waals surface area contributed by atoms with Gasteiger partial charge in [0.15, 0.2) is 11.5 Å². The third kappa shape index (κ3) is 4.31. The number of aryl methyl sites for hydroxylation is 1. The van der Waals surface area contributed by atoms with E-state index in [9.17, 15) is 4.79 Å². The molecule has 0 aromatic heterocycles. The molecule has 2 aliphatic heterocycles. The number of ether oxygens (including phenoxy) is 2. The van der Waals surface area contributed by atoms with E-state index in [-0.39, 0.29) is 5.91 Å². The first-order valence-corrected chi connectivity index (χ1v) is 9.32. The summed E-state index contributed by atoms with van der Waals surface area (Å²) in [5, 5.41) is 0. The van der Waals surface area contributed by atoms with Crippen molar-refractivity contribution in [2.75, 3.05) is 33.0 Å². The first-order valence-electron chi connectivity index (χ1n) is 9.32. The maximum absolute atomic E-state index is 12.4. The average Bonchev–Trinajstić information content (AvgIpc) is 3.15.